The quantitative estimate of drug-likeness (QED) is 0.583. The summed E-state index contributed by atoms with van der Waals surface area (Å²) in [6, 6.07) is 8.04. The number of halogens is 1. The van der Waals surface area contributed by atoms with Crippen LogP contribution in [0.2, 0.25) is 0 Å². The average molecular weight is 477 g/mol. The van der Waals surface area contributed by atoms with Gasteiger partial charge in [0.05, 0.1) is 11.8 Å². The molecule has 3 atom stereocenters. The standard InChI is InChI=1S/C26H29FN6O2/c1-32-14-22(27)21(12-25(32)35)15-5-8-20(23(34)9-15)26-28-13-24(30-31-26)33(18-6-7-18)19-10-16-3-2-4-17(11-19)29-16/h5,8-9,12-14,16-19,29,34H,2-4,6-7,10-11H2,1H3/t16-,17+,19?. The summed E-state index contributed by atoms with van der Waals surface area (Å²) in [6.07, 6.45) is 11.3. The molecule has 8 nitrogen and oxygen atoms in total. The molecule has 0 spiro atoms. The second-order valence-corrected chi connectivity index (χ2v) is 10.1. The molecule has 182 valence electrons. The van der Waals surface area contributed by atoms with Gasteiger partial charge in [-0.2, -0.15) is 0 Å². The lowest BCUT2D eigenvalue weighted by Gasteiger charge is -2.45. The van der Waals surface area contributed by atoms with Gasteiger partial charge in [0, 0.05) is 49.0 Å². The van der Waals surface area contributed by atoms with Gasteiger partial charge in [-0.25, -0.2) is 9.37 Å². The molecule has 1 saturated carbocycles. The Morgan fingerprint density at radius 3 is 2.49 bits per heavy atom. The highest BCUT2D eigenvalue weighted by Gasteiger charge is 2.40. The number of hydrogen-bond acceptors (Lipinski definition) is 7. The maximum Gasteiger partial charge on any atom is 0.251 e. The van der Waals surface area contributed by atoms with Gasteiger partial charge in [0.25, 0.3) is 5.56 Å². The van der Waals surface area contributed by atoms with E-state index in [2.05, 4.69) is 25.4 Å². The number of pyridine rings is 1. The average Bonchev–Trinajstić information content (AvgIpc) is 3.67. The molecule has 0 radical (unpaired) electrons. The van der Waals surface area contributed by atoms with E-state index in [-0.39, 0.29) is 16.9 Å². The van der Waals surface area contributed by atoms with E-state index in [9.17, 15) is 14.3 Å². The summed E-state index contributed by atoms with van der Waals surface area (Å²) >= 11 is 0. The second kappa shape index (κ2) is 8.71. The monoisotopic (exact) mass is 476 g/mol. The van der Waals surface area contributed by atoms with Crippen molar-refractivity contribution < 1.29 is 9.50 Å². The lowest BCUT2D eigenvalue weighted by Crippen LogP contribution is -2.55. The van der Waals surface area contributed by atoms with Crippen LogP contribution in [0, 0.1) is 5.82 Å². The summed E-state index contributed by atoms with van der Waals surface area (Å²) in [5, 5.41) is 23.3. The fraction of sp³-hybridized carbons (Fsp3) is 0.462. The van der Waals surface area contributed by atoms with Gasteiger partial charge in [-0.15, -0.1) is 10.2 Å². The predicted octanol–water partition coefficient (Wildman–Crippen LogP) is 3.39. The van der Waals surface area contributed by atoms with Gasteiger partial charge in [-0.05, 0) is 56.2 Å². The van der Waals surface area contributed by atoms with Crippen molar-refractivity contribution in [2.45, 2.75) is 69.1 Å². The largest absolute Gasteiger partial charge is 0.507 e. The van der Waals surface area contributed by atoms with E-state index in [1.165, 1.54) is 55.9 Å². The third kappa shape index (κ3) is 4.29. The highest BCUT2D eigenvalue weighted by Crippen LogP contribution is 2.38. The number of phenols is 1. The molecule has 1 aliphatic carbocycles. The first-order valence-electron chi connectivity index (χ1n) is 12.4. The highest BCUT2D eigenvalue weighted by molar-refractivity contribution is 5.73. The Labute approximate surface area is 202 Å². The van der Waals surface area contributed by atoms with Crippen LogP contribution in [0.25, 0.3) is 22.5 Å². The molecule has 4 heterocycles. The molecule has 6 rings (SSSR count). The van der Waals surface area contributed by atoms with Gasteiger partial charge < -0.3 is 19.9 Å². The minimum Gasteiger partial charge on any atom is -0.507 e. The molecule has 3 aromatic rings. The first-order chi connectivity index (χ1) is 17.0. The number of fused-ring (bicyclic) bond motifs is 2. The zero-order valence-electron chi connectivity index (χ0n) is 19.7. The molecule has 9 heteroatoms. The van der Waals surface area contributed by atoms with Crippen LogP contribution in [0.15, 0.2) is 41.5 Å². The molecule has 35 heavy (non-hydrogen) atoms. The number of aryl methyl sites for hydroxylation is 1. The van der Waals surface area contributed by atoms with Crippen molar-refractivity contribution in [2.75, 3.05) is 4.90 Å². The maximum absolute atomic E-state index is 14.4. The minimum absolute atomic E-state index is 0.0950. The Kier molecular flexibility index (Phi) is 5.51. The Hall–Kier alpha value is -3.33. The molecule has 0 amide bonds. The number of aromatic hydroxyl groups is 1. The summed E-state index contributed by atoms with van der Waals surface area (Å²) in [7, 11) is 1.49. The number of nitrogens with zero attached hydrogens (tertiary/aromatic N) is 5. The van der Waals surface area contributed by atoms with Gasteiger partial charge in [-0.1, -0.05) is 12.5 Å². The number of nitrogens with one attached hydrogen (secondary N) is 1. The molecule has 3 aliphatic rings. The highest BCUT2D eigenvalue weighted by atomic mass is 19.1. The van der Waals surface area contributed by atoms with Gasteiger partial charge in [0.15, 0.2) is 11.6 Å². The fourth-order valence-electron chi connectivity index (χ4n) is 5.71. The van der Waals surface area contributed by atoms with Crippen LogP contribution in [-0.2, 0) is 7.05 Å². The SMILES string of the molecule is Cn1cc(F)c(-c2ccc(-c3ncc(N(C4CC4)C4C[C@H]5CCC[C@@H](C4)N5)nn3)c(O)c2)cc1=O. The van der Waals surface area contributed by atoms with E-state index in [0.717, 1.165) is 24.9 Å². The van der Waals surface area contributed by atoms with Crippen molar-refractivity contribution in [2.24, 2.45) is 7.05 Å². The number of aromatic nitrogens is 4. The molecule has 2 N–H and O–H groups in total. The van der Waals surface area contributed by atoms with Gasteiger partial charge >= 0.3 is 0 Å². The van der Waals surface area contributed by atoms with Crippen LogP contribution in [0.4, 0.5) is 10.2 Å². The molecule has 3 fully saturated rings. The van der Waals surface area contributed by atoms with E-state index in [0.29, 0.717) is 41.1 Å². The van der Waals surface area contributed by atoms with Crippen molar-refractivity contribution in [1.29, 1.82) is 0 Å². The van der Waals surface area contributed by atoms with Gasteiger partial charge in [0.1, 0.15) is 11.6 Å². The lowest BCUT2D eigenvalue weighted by molar-refractivity contribution is 0.215. The number of benzene rings is 1. The van der Waals surface area contributed by atoms with Crippen LogP contribution in [0.5, 0.6) is 5.75 Å². The first-order valence-corrected chi connectivity index (χ1v) is 12.4. The smallest absolute Gasteiger partial charge is 0.251 e. The summed E-state index contributed by atoms with van der Waals surface area (Å²) in [5.41, 5.74) is 0.621. The number of hydrogen-bond donors (Lipinski definition) is 2. The Bertz CT molecular complexity index is 1290. The fourth-order valence-corrected chi connectivity index (χ4v) is 5.71. The number of piperidine rings is 2. The number of rotatable bonds is 5. The van der Waals surface area contributed by atoms with Crippen molar-refractivity contribution in [1.82, 2.24) is 25.1 Å². The second-order valence-electron chi connectivity index (χ2n) is 10.1. The summed E-state index contributed by atoms with van der Waals surface area (Å²) in [6.45, 7) is 0. The molecule has 2 saturated heterocycles. The van der Waals surface area contributed by atoms with E-state index < -0.39 is 5.82 Å². The lowest BCUT2D eigenvalue weighted by atomic mass is 9.83. The topological polar surface area (TPSA) is 96.2 Å². The summed E-state index contributed by atoms with van der Waals surface area (Å²) < 4.78 is 15.6. The summed E-state index contributed by atoms with van der Waals surface area (Å²) in [5.74, 6) is 0.464. The number of phenolic OH excluding ortho intramolecular Hbond substituents is 1. The van der Waals surface area contributed by atoms with Crippen LogP contribution >= 0.6 is 0 Å². The van der Waals surface area contributed by atoms with Crippen LogP contribution < -0.4 is 15.8 Å². The first kappa shape index (κ1) is 22.2. The third-order valence-corrected chi connectivity index (χ3v) is 7.57. The van der Waals surface area contributed by atoms with Crippen LogP contribution in [0.3, 0.4) is 0 Å². The molecule has 2 aliphatic heterocycles. The predicted molar refractivity (Wildman–Crippen MR) is 131 cm³/mol. The van der Waals surface area contributed by atoms with E-state index in [1.807, 2.05) is 0 Å². The molecular formula is C26H29FN6O2. The molecular weight excluding hydrogens is 447 g/mol. The third-order valence-electron chi connectivity index (χ3n) is 7.57. The van der Waals surface area contributed by atoms with Crippen molar-refractivity contribution in [3.8, 4) is 28.3 Å². The van der Waals surface area contributed by atoms with Crippen molar-refractivity contribution in [3.63, 3.8) is 0 Å². The molecule has 2 aromatic heterocycles. The van der Waals surface area contributed by atoms with Crippen LogP contribution in [0.1, 0.15) is 44.9 Å². The normalized spacial score (nSPS) is 23.8. The van der Waals surface area contributed by atoms with E-state index in [1.54, 1.807) is 18.3 Å². The van der Waals surface area contributed by atoms with E-state index >= 15 is 0 Å². The van der Waals surface area contributed by atoms with Gasteiger partial charge in [-0.3, -0.25) is 4.79 Å². The zero-order valence-corrected chi connectivity index (χ0v) is 19.7. The Balaban J connectivity index is 1.26. The van der Waals surface area contributed by atoms with Gasteiger partial charge in [0.2, 0.25) is 0 Å². The molecule has 2 bridgehead atoms. The zero-order chi connectivity index (χ0) is 24.1. The Morgan fingerprint density at radius 1 is 1.06 bits per heavy atom. The van der Waals surface area contributed by atoms with Crippen molar-refractivity contribution in [3.05, 3.63) is 52.8 Å². The van der Waals surface area contributed by atoms with E-state index in [4.69, 9.17) is 0 Å². The van der Waals surface area contributed by atoms with Crippen LogP contribution in [-0.4, -0.2) is 49.0 Å². The molecule has 1 unspecified atom stereocenters. The number of anilines is 1. The van der Waals surface area contributed by atoms with Crippen molar-refractivity contribution >= 4 is 5.82 Å². The Morgan fingerprint density at radius 2 is 1.83 bits per heavy atom. The molecule has 1 aromatic carbocycles. The summed E-state index contributed by atoms with van der Waals surface area (Å²) in [4.78, 5) is 18.9. The minimum atomic E-state index is -0.538. The maximum atomic E-state index is 14.4.